The van der Waals surface area contributed by atoms with Crippen molar-refractivity contribution in [3.8, 4) is 11.3 Å². The van der Waals surface area contributed by atoms with Crippen molar-refractivity contribution in [1.82, 2.24) is 15.6 Å². The maximum Gasteiger partial charge on any atom is 0.250 e. The lowest BCUT2D eigenvalue weighted by atomic mass is 10.1. The molecule has 2 heterocycles. The van der Waals surface area contributed by atoms with Crippen LogP contribution in [0.25, 0.3) is 32.4 Å². The molecule has 1 N–H and O–H groups in total. The maximum atomic E-state index is 12.1. The van der Waals surface area contributed by atoms with E-state index in [0.717, 1.165) is 36.6 Å². The number of hydrazone groups is 1. The van der Waals surface area contributed by atoms with E-state index in [2.05, 4.69) is 20.7 Å². The van der Waals surface area contributed by atoms with Gasteiger partial charge in [-0.1, -0.05) is 65.4 Å². The number of hydrogen-bond acceptors (Lipinski definition) is 7. The number of para-hydroxylation sites is 1. The van der Waals surface area contributed by atoms with Crippen LogP contribution in [0.2, 0.25) is 0 Å². The fraction of sp³-hybridized carbons (Fsp3) is 0.0435. The molecule has 0 radical (unpaired) electrons. The van der Waals surface area contributed by atoms with Crippen LogP contribution in [-0.4, -0.2) is 28.0 Å². The molecule has 0 fully saturated rings. The van der Waals surface area contributed by atoms with Gasteiger partial charge in [-0.25, -0.2) is 10.4 Å². The summed E-state index contributed by atoms with van der Waals surface area (Å²) in [4.78, 5) is 16.7. The molecule has 5 rings (SSSR count). The summed E-state index contributed by atoms with van der Waals surface area (Å²) >= 11 is 2.98. The smallest absolute Gasteiger partial charge is 0.250 e. The second-order valence-electron chi connectivity index (χ2n) is 6.68. The maximum absolute atomic E-state index is 12.1. The second-order valence-corrected chi connectivity index (χ2v) is 8.94. The van der Waals surface area contributed by atoms with Crippen molar-refractivity contribution in [2.45, 2.75) is 4.34 Å². The Morgan fingerprint density at radius 3 is 2.77 bits per heavy atom. The van der Waals surface area contributed by atoms with Crippen molar-refractivity contribution in [3.63, 3.8) is 0 Å². The molecule has 6 nitrogen and oxygen atoms in total. The number of thiazole rings is 1. The van der Waals surface area contributed by atoms with Crippen LogP contribution < -0.4 is 5.43 Å². The standard InChI is InChI=1S/C23H16N4O2S2/c28-21(14-30-23-25-19-8-4-5-9-20(19)31-23)26-24-13-15-10-11-18-17(12-15)22(29-27-18)16-6-2-1-3-7-16/h1-13H,14H2,(H,26,28)/b24-13+. The first-order valence-electron chi connectivity index (χ1n) is 9.51. The SMILES string of the molecule is O=C(CSc1nc2ccccc2s1)N/N=C/c1ccc2noc(-c3ccccc3)c2c1. The van der Waals surface area contributed by atoms with Gasteiger partial charge in [0.1, 0.15) is 5.52 Å². The van der Waals surface area contributed by atoms with Crippen molar-refractivity contribution in [2.24, 2.45) is 5.10 Å². The molecule has 0 saturated carbocycles. The van der Waals surface area contributed by atoms with Gasteiger partial charge in [-0.05, 0) is 29.8 Å². The highest BCUT2D eigenvalue weighted by molar-refractivity contribution is 8.01. The molecule has 0 aliphatic rings. The minimum Gasteiger partial charge on any atom is -0.355 e. The third-order valence-electron chi connectivity index (χ3n) is 4.54. The normalized spacial score (nSPS) is 11.5. The first kappa shape index (κ1) is 19.5. The number of rotatable bonds is 6. The molecule has 0 bridgehead atoms. The monoisotopic (exact) mass is 444 g/mol. The summed E-state index contributed by atoms with van der Waals surface area (Å²) in [6.45, 7) is 0. The molecule has 0 spiro atoms. The number of hydrogen-bond donors (Lipinski definition) is 1. The van der Waals surface area contributed by atoms with Gasteiger partial charge < -0.3 is 4.52 Å². The van der Waals surface area contributed by atoms with Crippen LogP contribution >= 0.6 is 23.1 Å². The number of amides is 1. The Morgan fingerprint density at radius 2 is 1.90 bits per heavy atom. The van der Waals surface area contributed by atoms with Crippen LogP contribution in [0.4, 0.5) is 0 Å². The van der Waals surface area contributed by atoms with Crippen molar-refractivity contribution in [3.05, 3.63) is 78.4 Å². The third-order valence-corrected chi connectivity index (χ3v) is 6.72. The van der Waals surface area contributed by atoms with E-state index in [9.17, 15) is 4.79 Å². The van der Waals surface area contributed by atoms with Crippen molar-refractivity contribution in [1.29, 1.82) is 0 Å². The van der Waals surface area contributed by atoms with Crippen molar-refractivity contribution >= 4 is 56.3 Å². The molecule has 31 heavy (non-hydrogen) atoms. The van der Waals surface area contributed by atoms with Gasteiger partial charge in [-0.2, -0.15) is 5.10 Å². The Labute approximate surface area is 186 Å². The molecule has 0 atom stereocenters. The van der Waals surface area contributed by atoms with E-state index < -0.39 is 0 Å². The first-order valence-corrected chi connectivity index (χ1v) is 11.3. The molecule has 8 heteroatoms. The van der Waals surface area contributed by atoms with Crippen LogP contribution in [0.3, 0.4) is 0 Å². The van der Waals surface area contributed by atoms with Gasteiger partial charge >= 0.3 is 0 Å². The number of nitrogens with one attached hydrogen (secondary N) is 1. The van der Waals surface area contributed by atoms with Gasteiger partial charge in [0, 0.05) is 5.56 Å². The van der Waals surface area contributed by atoms with Gasteiger partial charge in [0.25, 0.3) is 5.91 Å². The van der Waals surface area contributed by atoms with Gasteiger partial charge in [0.2, 0.25) is 0 Å². The molecule has 0 saturated heterocycles. The molecule has 152 valence electrons. The molecule has 3 aromatic carbocycles. The predicted octanol–water partition coefficient (Wildman–Crippen LogP) is 5.35. The fourth-order valence-electron chi connectivity index (χ4n) is 3.09. The van der Waals surface area contributed by atoms with Crippen molar-refractivity contribution < 1.29 is 9.32 Å². The Bertz CT molecular complexity index is 1360. The Balaban J connectivity index is 1.23. The average molecular weight is 445 g/mol. The first-order chi connectivity index (χ1) is 15.3. The third kappa shape index (κ3) is 4.35. The quantitative estimate of drug-likeness (QED) is 0.217. The van der Waals surface area contributed by atoms with Gasteiger partial charge in [0.15, 0.2) is 10.1 Å². The summed E-state index contributed by atoms with van der Waals surface area (Å²) in [5, 5.41) is 9.10. The summed E-state index contributed by atoms with van der Waals surface area (Å²) in [6, 6.07) is 23.4. The van der Waals surface area contributed by atoms with Crippen LogP contribution in [-0.2, 0) is 4.79 Å². The zero-order valence-corrected chi connectivity index (χ0v) is 17.8. The zero-order chi connectivity index (χ0) is 21.0. The van der Waals surface area contributed by atoms with E-state index in [4.69, 9.17) is 4.52 Å². The minimum atomic E-state index is -0.184. The number of carbonyl (C=O) groups is 1. The van der Waals surface area contributed by atoms with Gasteiger partial charge in [0.05, 0.1) is 27.6 Å². The lowest BCUT2D eigenvalue weighted by molar-refractivity contribution is -0.118. The van der Waals surface area contributed by atoms with E-state index in [-0.39, 0.29) is 11.7 Å². The summed E-state index contributed by atoms with van der Waals surface area (Å²) in [6.07, 6.45) is 1.61. The Kier molecular flexibility index (Phi) is 5.47. The number of aromatic nitrogens is 2. The Morgan fingerprint density at radius 1 is 1.06 bits per heavy atom. The summed E-state index contributed by atoms with van der Waals surface area (Å²) in [5.41, 5.74) is 6.09. The number of thioether (sulfide) groups is 1. The molecular formula is C23H16N4O2S2. The largest absolute Gasteiger partial charge is 0.355 e. The second kappa shape index (κ2) is 8.71. The van der Waals surface area contributed by atoms with Crippen LogP contribution in [0, 0.1) is 0 Å². The summed E-state index contributed by atoms with van der Waals surface area (Å²) in [7, 11) is 0. The molecular weight excluding hydrogens is 428 g/mol. The molecule has 2 aromatic heterocycles. The number of carbonyl (C=O) groups excluding carboxylic acids is 1. The van der Waals surface area contributed by atoms with Crippen molar-refractivity contribution in [2.75, 3.05) is 5.75 Å². The predicted molar refractivity (Wildman–Crippen MR) is 126 cm³/mol. The summed E-state index contributed by atoms with van der Waals surface area (Å²) < 4.78 is 7.50. The highest BCUT2D eigenvalue weighted by Crippen LogP contribution is 2.30. The molecule has 0 unspecified atom stereocenters. The Hall–Kier alpha value is -3.49. The minimum absolute atomic E-state index is 0.184. The van der Waals surface area contributed by atoms with Crippen LogP contribution in [0.15, 0.2) is 86.8 Å². The topological polar surface area (TPSA) is 80.4 Å². The lowest BCUT2D eigenvalue weighted by Gasteiger charge is -1.99. The molecule has 0 aliphatic carbocycles. The fourth-order valence-corrected chi connectivity index (χ4v) is 4.95. The lowest BCUT2D eigenvalue weighted by Crippen LogP contribution is -2.19. The molecule has 0 aliphatic heterocycles. The average Bonchev–Trinajstić information content (AvgIpc) is 3.42. The van der Waals surface area contributed by atoms with E-state index in [1.54, 1.807) is 17.6 Å². The van der Waals surface area contributed by atoms with Crippen LogP contribution in [0.1, 0.15) is 5.56 Å². The van der Waals surface area contributed by atoms with Gasteiger partial charge in [-0.15, -0.1) is 11.3 Å². The molecule has 5 aromatic rings. The highest BCUT2D eigenvalue weighted by Gasteiger charge is 2.11. The van der Waals surface area contributed by atoms with E-state index in [1.165, 1.54) is 11.8 Å². The molecule has 1 amide bonds. The van der Waals surface area contributed by atoms with E-state index in [0.29, 0.717) is 5.76 Å². The van der Waals surface area contributed by atoms with Gasteiger partial charge in [-0.3, -0.25) is 4.79 Å². The highest BCUT2D eigenvalue weighted by atomic mass is 32.2. The number of benzene rings is 3. The number of nitrogens with zero attached hydrogens (tertiary/aromatic N) is 3. The van der Waals surface area contributed by atoms with E-state index >= 15 is 0 Å². The van der Waals surface area contributed by atoms with Crippen LogP contribution in [0.5, 0.6) is 0 Å². The van der Waals surface area contributed by atoms with E-state index in [1.807, 2.05) is 72.8 Å². The number of fused-ring (bicyclic) bond motifs is 2. The zero-order valence-electron chi connectivity index (χ0n) is 16.2. The summed E-state index contributed by atoms with van der Waals surface area (Å²) in [5.74, 6) is 0.777.